The summed E-state index contributed by atoms with van der Waals surface area (Å²) in [5.74, 6) is -4.47. The number of thiazole rings is 1. The highest BCUT2D eigenvalue weighted by molar-refractivity contribution is 7.09. The number of nitrogens with zero attached hydrogens (tertiary/aromatic N) is 1. The average Bonchev–Trinajstić information content (AvgIpc) is 3.35. The Labute approximate surface area is 201 Å². The van der Waals surface area contributed by atoms with E-state index in [1.54, 1.807) is 18.5 Å². The van der Waals surface area contributed by atoms with Crippen molar-refractivity contribution in [2.75, 3.05) is 6.54 Å². The van der Waals surface area contributed by atoms with Crippen LogP contribution in [0.15, 0.2) is 41.9 Å². The lowest BCUT2D eigenvalue weighted by Crippen LogP contribution is -2.53. The van der Waals surface area contributed by atoms with Crippen LogP contribution in [-0.2, 0) is 27.3 Å². The Morgan fingerprint density at radius 3 is 2.53 bits per heavy atom. The molecule has 10 heteroatoms. The molecule has 1 aliphatic carbocycles. The molecule has 7 nitrogen and oxygen atoms in total. The minimum Gasteiger partial charge on any atom is -0.344 e. The maximum absolute atomic E-state index is 13.4. The van der Waals surface area contributed by atoms with E-state index in [2.05, 4.69) is 20.9 Å². The second-order valence-electron chi connectivity index (χ2n) is 8.65. The van der Waals surface area contributed by atoms with Crippen molar-refractivity contribution in [3.63, 3.8) is 0 Å². The molecule has 0 saturated heterocycles. The summed E-state index contributed by atoms with van der Waals surface area (Å²) in [5.41, 5.74) is 0.803. The number of halogens is 2. The van der Waals surface area contributed by atoms with E-state index in [9.17, 15) is 23.2 Å². The van der Waals surface area contributed by atoms with Crippen LogP contribution in [0.2, 0.25) is 0 Å². The van der Waals surface area contributed by atoms with Gasteiger partial charge in [0.05, 0.1) is 12.6 Å². The Kier molecular flexibility index (Phi) is 9.23. The number of hydrogen-bond donors (Lipinski definition) is 3. The molecule has 0 aliphatic heterocycles. The summed E-state index contributed by atoms with van der Waals surface area (Å²) >= 11 is 1.36. The maximum atomic E-state index is 13.4. The molecule has 3 rings (SSSR count). The van der Waals surface area contributed by atoms with Gasteiger partial charge in [-0.1, -0.05) is 30.3 Å². The molecule has 184 valence electrons. The second-order valence-corrected chi connectivity index (χ2v) is 9.63. The minimum atomic E-state index is -2.59. The standard InChI is InChI=1S/C24H30F2N4O3S/c1-16(28-14-18-7-9-24(25,26)10-8-18)22(32)30-19(13-17-5-3-2-4-6-17)21(31)23(33)29-15-20-27-11-12-34-20/h2-6,11-12,16,18-19,28H,7-10,13-15H2,1H3,(H,29,33)(H,30,32)/t16-,19-/m1/s1. The fourth-order valence-corrected chi connectivity index (χ4v) is 4.39. The predicted octanol–water partition coefficient (Wildman–Crippen LogP) is 2.86. The van der Waals surface area contributed by atoms with Crippen molar-refractivity contribution in [2.24, 2.45) is 5.92 Å². The van der Waals surface area contributed by atoms with Crippen LogP contribution >= 0.6 is 11.3 Å². The van der Waals surface area contributed by atoms with Crippen LogP contribution in [0.1, 0.15) is 43.2 Å². The van der Waals surface area contributed by atoms with Gasteiger partial charge in [0.1, 0.15) is 11.0 Å². The van der Waals surface area contributed by atoms with Crippen molar-refractivity contribution in [2.45, 2.75) is 63.6 Å². The molecule has 0 spiro atoms. The van der Waals surface area contributed by atoms with Gasteiger partial charge < -0.3 is 16.0 Å². The Morgan fingerprint density at radius 2 is 1.88 bits per heavy atom. The Morgan fingerprint density at radius 1 is 1.18 bits per heavy atom. The smallest absolute Gasteiger partial charge is 0.289 e. The monoisotopic (exact) mass is 492 g/mol. The number of ketones is 1. The topological polar surface area (TPSA) is 100 Å². The van der Waals surface area contributed by atoms with E-state index in [1.807, 2.05) is 30.3 Å². The number of aromatic nitrogens is 1. The fraction of sp³-hybridized carbons (Fsp3) is 0.500. The molecule has 1 aromatic carbocycles. The lowest BCUT2D eigenvalue weighted by atomic mass is 9.86. The zero-order chi connectivity index (χ0) is 24.6. The van der Waals surface area contributed by atoms with Crippen LogP contribution in [0.25, 0.3) is 0 Å². The number of alkyl halides is 2. The molecule has 34 heavy (non-hydrogen) atoms. The first-order valence-electron chi connectivity index (χ1n) is 11.4. The Balaban J connectivity index is 1.56. The summed E-state index contributed by atoms with van der Waals surface area (Å²) in [6.07, 6.45) is 2.32. The number of rotatable bonds is 11. The highest BCUT2D eigenvalue weighted by Gasteiger charge is 2.35. The molecule has 1 aliphatic rings. The molecular formula is C24H30F2N4O3S. The van der Waals surface area contributed by atoms with Crippen LogP contribution in [0.5, 0.6) is 0 Å². The third kappa shape index (κ3) is 7.95. The number of amides is 2. The fourth-order valence-electron chi connectivity index (χ4n) is 3.84. The first-order chi connectivity index (χ1) is 16.2. The molecule has 2 amide bonds. The summed E-state index contributed by atoms with van der Waals surface area (Å²) in [6.45, 7) is 2.22. The molecule has 1 saturated carbocycles. The van der Waals surface area contributed by atoms with Crippen LogP contribution in [-0.4, -0.2) is 47.1 Å². The molecule has 1 aromatic heterocycles. The summed E-state index contributed by atoms with van der Waals surface area (Å²) in [5, 5.41) is 10.8. The van der Waals surface area contributed by atoms with Gasteiger partial charge in [0, 0.05) is 30.8 Å². The van der Waals surface area contributed by atoms with Crippen LogP contribution in [0.4, 0.5) is 8.78 Å². The number of hydrogen-bond acceptors (Lipinski definition) is 6. The van der Waals surface area contributed by atoms with Gasteiger partial charge in [0.2, 0.25) is 17.6 Å². The van der Waals surface area contributed by atoms with Crippen LogP contribution in [0.3, 0.4) is 0 Å². The summed E-state index contributed by atoms with van der Waals surface area (Å²) in [7, 11) is 0. The maximum Gasteiger partial charge on any atom is 0.289 e. The summed E-state index contributed by atoms with van der Waals surface area (Å²) in [6, 6.07) is 7.43. The van der Waals surface area contributed by atoms with Gasteiger partial charge in [-0.3, -0.25) is 14.4 Å². The SMILES string of the molecule is C[C@@H](NCC1CCC(F)(F)CC1)C(=O)N[C@H](Cc1ccccc1)C(=O)C(=O)NCc1nccs1. The Bertz CT molecular complexity index is 946. The molecule has 2 aromatic rings. The highest BCUT2D eigenvalue weighted by atomic mass is 32.1. The van der Waals surface area contributed by atoms with Crippen LogP contribution < -0.4 is 16.0 Å². The van der Waals surface area contributed by atoms with Gasteiger partial charge in [0.25, 0.3) is 5.91 Å². The van der Waals surface area contributed by atoms with Gasteiger partial charge in [0.15, 0.2) is 0 Å². The lowest BCUT2D eigenvalue weighted by molar-refractivity contribution is -0.140. The quantitative estimate of drug-likeness (QED) is 0.419. The van der Waals surface area contributed by atoms with Gasteiger partial charge in [-0.2, -0.15) is 0 Å². The largest absolute Gasteiger partial charge is 0.344 e. The van der Waals surface area contributed by atoms with Crippen molar-refractivity contribution in [3.05, 3.63) is 52.5 Å². The zero-order valence-corrected chi connectivity index (χ0v) is 19.9. The van der Waals surface area contributed by atoms with Crippen molar-refractivity contribution >= 4 is 28.9 Å². The average molecular weight is 493 g/mol. The van der Waals surface area contributed by atoms with Gasteiger partial charge in [-0.25, -0.2) is 13.8 Å². The van der Waals surface area contributed by atoms with Gasteiger partial charge >= 0.3 is 0 Å². The first kappa shape index (κ1) is 25.9. The minimum absolute atomic E-state index is 0.0771. The van der Waals surface area contributed by atoms with Crippen molar-refractivity contribution in [1.29, 1.82) is 0 Å². The summed E-state index contributed by atoms with van der Waals surface area (Å²) < 4.78 is 26.7. The van der Waals surface area contributed by atoms with Gasteiger partial charge in [-0.05, 0) is 37.8 Å². The molecule has 0 unspecified atom stereocenters. The van der Waals surface area contributed by atoms with Crippen LogP contribution in [0, 0.1) is 5.92 Å². The molecule has 2 atom stereocenters. The molecule has 3 N–H and O–H groups in total. The van der Waals surface area contributed by atoms with E-state index in [4.69, 9.17) is 0 Å². The van der Waals surface area contributed by atoms with E-state index in [-0.39, 0.29) is 31.7 Å². The third-order valence-electron chi connectivity index (χ3n) is 5.97. The number of benzene rings is 1. The van der Waals surface area contributed by atoms with Crippen molar-refractivity contribution < 1.29 is 23.2 Å². The van der Waals surface area contributed by atoms with E-state index in [0.29, 0.717) is 24.4 Å². The third-order valence-corrected chi connectivity index (χ3v) is 6.75. The van der Waals surface area contributed by atoms with Crippen molar-refractivity contribution in [1.82, 2.24) is 20.9 Å². The van der Waals surface area contributed by atoms with Gasteiger partial charge in [-0.15, -0.1) is 11.3 Å². The molecule has 0 bridgehead atoms. The highest BCUT2D eigenvalue weighted by Crippen LogP contribution is 2.35. The number of carbonyl (C=O) groups excluding carboxylic acids is 3. The molecule has 0 radical (unpaired) electrons. The van der Waals surface area contributed by atoms with E-state index in [1.165, 1.54) is 11.3 Å². The Hall–Kier alpha value is -2.72. The lowest BCUT2D eigenvalue weighted by Gasteiger charge is -2.29. The molecule has 1 fully saturated rings. The summed E-state index contributed by atoms with van der Waals surface area (Å²) in [4.78, 5) is 42.3. The number of nitrogens with one attached hydrogen (secondary N) is 3. The zero-order valence-electron chi connectivity index (χ0n) is 19.1. The molecule has 1 heterocycles. The van der Waals surface area contributed by atoms with E-state index >= 15 is 0 Å². The van der Waals surface area contributed by atoms with E-state index in [0.717, 1.165) is 5.56 Å². The normalized spacial score (nSPS) is 17.5. The van der Waals surface area contributed by atoms with Crippen molar-refractivity contribution in [3.8, 4) is 0 Å². The second kappa shape index (κ2) is 12.1. The number of carbonyl (C=O) groups is 3. The van der Waals surface area contributed by atoms with E-state index < -0.39 is 35.6 Å². The molecular weight excluding hydrogens is 462 g/mol. The number of Topliss-reactive ketones (excluding diaryl/α,β-unsaturated/α-hetero) is 1. The predicted molar refractivity (Wildman–Crippen MR) is 125 cm³/mol. The first-order valence-corrected chi connectivity index (χ1v) is 12.3.